The number of fused-ring (bicyclic) bond motifs is 1. The van der Waals surface area contributed by atoms with E-state index in [9.17, 15) is 4.79 Å². The number of hydrogen-bond acceptors (Lipinski definition) is 7. The maximum atomic E-state index is 12.1. The van der Waals surface area contributed by atoms with Crippen LogP contribution < -0.4 is 10.6 Å². The third-order valence-electron chi connectivity index (χ3n) is 5.95. The molecule has 0 saturated heterocycles. The van der Waals surface area contributed by atoms with Crippen LogP contribution in [0, 0.1) is 0 Å². The first-order valence-electron chi connectivity index (χ1n) is 10.3. The van der Waals surface area contributed by atoms with Gasteiger partial charge in [0.05, 0.1) is 5.69 Å². The zero-order valence-corrected chi connectivity index (χ0v) is 17.7. The van der Waals surface area contributed by atoms with Gasteiger partial charge in [-0.1, -0.05) is 0 Å². The fourth-order valence-electron chi connectivity index (χ4n) is 3.95. The Morgan fingerprint density at radius 1 is 1.40 bits per heavy atom. The Morgan fingerprint density at radius 3 is 3.07 bits per heavy atom. The Balaban J connectivity index is 1.22. The van der Waals surface area contributed by atoms with Gasteiger partial charge in [0.15, 0.2) is 11.6 Å². The number of amides is 1. The van der Waals surface area contributed by atoms with E-state index in [0.717, 1.165) is 49.0 Å². The van der Waals surface area contributed by atoms with Crippen molar-refractivity contribution >= 4 is 35.9 Å². The van der Waals surface area contributed by atoms with Crippen LogP contribution >= 0.6 is 12.6 Å². The summed E-state index contributed by atoms with van der Waals surface area (Å²) in [5.74, 6) is 2.24. The van der Waals surface area contributed by atoms with Gasteiger partial charge in [-0.2, -0.15) is 22.8 Å². The first kappa shape index (κ1) is 19.2. The van der Waals surface area contributed by atoms with Crippen molar-refractivity contribution in [3.05, 3.63) is 35.9 Å². The Labute approximate surface area is 179 Å². The van der Waals surface area contributed by atoms with Crippen LogP contribution in [0.5, 0.6) is 0 Å². The Morgan fingerprint density at radius 2 is 2.27 bits per heavy atom. The van der Waals surface area contributed by atoms with Crippen LogP contribution in [0.15, 0.2) is 24.5 Å². The topological polar surface area (TPSA) is 109 Å². The van der Waals surface area contributed by atoms with Gasteiger partial charge in [0, 0.05) is 41.4 Å². The number of nitrogens with zero attached hydrogens (tertiary/aromatic N) is 4. The van der Waals surface area contributed by atoms with Crippen molar-refractivity contribution in [1.29, 1.82) is 0 Å². The van der Waals surface area contributed by atoms with E-state index in [2.05, 4.69) is 43.5 Å². The van der Waals surface area contributed by atoms with Crippen molar-refractivity contribution in [2.75, 3.05) is 5.32 Å². The average Bonchev–Trinajstić information content (AvgIpc) is 3.17. The molecular formula is C20H25N7O2S. The highest BCUT2D eigenvalue weighted by atomic mass is 32.1. The van der Waals surface area contributed by atoms with E-state index in [-0.39, 0.29) is 23.7 Å². The van der Waals surface area contributed by atoms with E-state index in [4.69, 9.17) is 4.74 Å². The zero-order valence-electron chi connectivity index (χ0n) is 16.8. The van der Waals surface area contributed by atoms with Crippen LogP contribution in [0.2, 0.25) is 0 Å². The minimum Gasteiger partial charge on any atom is -0.446 e. The molecule has 158 valence electrons. The lowest BCUT2D eigenvalue weighted by molar-refractivity contribution is 0.0967. The molecule has 5 rings (SSSR count). The lowest BCUT2D eigenvalue weighted by atomic mass is 10.0. The lowest BCUT2D eigenvalue weighted by Gasteiger charge is -2.16. The van der Waals surface area contributed by atoms with Gasteiger partial charge in [0.2, 0.25) is 0 Å². The third kappa shape index (κ3) is 3.96. The third-order valence-corrected chi connectivity index (χ3v) is 6.27. The molecule has 10 heteroatoms. The number of aromatic amines is 1. The van der Waals surface area contributed by atoms with Crippen molar-refractivity contribution in [3.63, 3.8) is 0 Å². The molecule has 2 unspecified atom stereocenters. The highest BCUT2D eigenvalue weighted by Crippen LogP contribution is 2.37. The molecule has 0 aromatic carbocycles. The molecule has 2 aliphatic rings. The Bertz CT molecular complexity index is 1070. The Hall–Kier alpha value is -2.75. The zero-order chi connectivity index (χ0) is 20.7. The predicted molar refractivity (Wildman–Crippen MR) is 115 cm³/mol. The van der Waals surface area contributed by atoms with E-state index >= 15 is 0 Å². The first-order chi connectivity index (χ1) is 14.5. The van der Waals surface area contributed by atoms with Gasteiger partial charge in [0.25, 0.3) is 0 Å². The molecule has 0 radical (unpaired) electrons. The summed E-state index contributed by atoms with van der Waals surface area (Å²) in [6.07, 6.45) is 7.82. The van der Waals surface area contributed by atoms with Crippen molar-refractivity contribution in [3.8, 4) is 0 Å². The number of hydrogen-bond donors (Lipinski definition) is 4. The van der Waals surface area contributed by atoms with Crippen molar-refractivity contribution in [2.45, 2.75) is 62.3 Å². The van der Waals surface area contributed by atoms with Crippen LogP contribution in [-0.4, -0.2) is 42.5 Å². The van der Waals surface area contributed by atoms with Crippen molar-refractivity contribution in [2.24, 2.45) is 0 Å². The minimum absolute atomic E-state index is 0.0565. The molecule has 3 heterocycles. The van der Waals surface area contributed by atoms with Gasteiger partial charge in [-0.05, 0) is 45.1 Å². The SMILES string of the molecule is CC1(NC(=O)OC2CCC(c3cc(Nc4nccn5nc(CS)cc45)n[nH]3)C2)CC1. The summed E-state index contributed by atoms with van der Waals surface area (Å²) in [6, 6.07) is 3.96. The number of alkyl carbamates (subject to hydrolysis) is 1. The highest BCUT2D eigenvalue weighted by molar-refractivity contribution is 7.79. The van der Waals surface area contributed by atoms with Crippen molar-refractivity contribution < 1.29 is 9.53 Å². The molecule has 2 fully saturated rings. The van der Waals surface area contributed by atoms with Gasteiger partial charge in [0.1, 0.15) is 11.6 Å². The monoisotopic (exact) mass is 427 g/mol. The van der Waals surface area contributed by atoms with Gasteiger partial charge in [-0.25, -0.2) is 14.3 Å². The second-order valence-electron chi connectivity index (χ2n) is 8.46. The molecule has 0 bridgehead atoms. The van der Waals surface area contributed by atoms with E-state index in [1.54, 1.807) is 10.7 Å². The van der Waals surface area contributed by atoms with Gasteiger partial charge >= 0.3 is 6.09 Å². The molecule has 0 spiro atoms. The molecule has 1 amide bonds. The summed E-state index contributed by atoms with van der Waals surface area (Å²) in [7, 11) is 0. The molecule has 3 N–H and O–H groups in total. The van der Waals surface area contributed by atoms with Gasteiger partial charge in [-0.15, -0.1) is 0 Å². The smallest absolute Gasteiger partial charge is 0.407 e. The van der Waals surface area contributed by atoms with E-state index in [0.29, 0.717) is 17.4 Å². The second kappa shape index (κ2) is 7.50. The standard InChI is InChI=1S/C20H25N7O2S/c1-20(4-5-20)23-19(28)29-14-3-2-12(8-14)15-10-17(25-24-15)22-18-16-9-13(11-30)26-27(16)7-6-21-18/h6-7,9-10,12,14,30H,2-5,8,11H2,1H3,(H,23,28)(H2,21,22,24,25). The summed E-state index contributed by atoms with van der Waals surface area (Å²) in [4.78, 5) is 16.5. The normalized spacial score (nSPS) is 22.2. The van der Waals surface area contributed by atoms with Crippen LogP contribution in [0.4, 0.5) is 16.4 Å². The number of ether oxygens (including phenoxy) is 1. The molecular weight excluding hydrogens is 402 g/mol. The maximum Gasteiger partial charge on any atom is 0.407 e. The number of carbonyl (C=O) groups excluding carboxylic acids is 1. The molecule has 0 aliphatic heterocycles. The van der Waals surface area contributed by atoms with Gasteiger partial charge < -0.3 is 15.4 Å². The van der Waals surface area contributed by atoms with Crippen LogP contribution in [0.1, 0.15) is 56.3 Å². The number of anilines is 2. The lowest BCUT2D eigenvalue weighted by Crippen LogP contribution is -2.36. The number of thiol groups is 1. The Kier molecular flexibility index (Phi) is 4.80. The largest absolute Gasteiger partial charge is 0.446 e. The highest BCUT2D eigenvalue weighted by Gasteiger charge is 2.40. The van der Waals surface area contributed by atoms with Crippen molar-refractivity contribution in [1.82, 2.24) is 30.1 Å². The first-order valence-corrected chi connectivity index (χ1v) is 10.9. The summed E-state index contributed by atoms with van der Waals surface area (Å²) >= 11 is 4.29. The fourth-order valence-corrected chi connectivity index (χ4v) is 4.10. The minimum atomic E-state index is -0.298. The molecule has 30 heavy (non-hydrogen) atoms. The summed E-state index contributed by atoms with van der Waals surface area (Å²) < 4.78 is 7.40. The summed E-state index contributed by atoms with van der Waals surface area (Å²) in [5, 5.41) is 18.2. The number of aromatic nitrogens is 5. The second-order valence-corrected chi connectivity index (χ2v) is 8.77. The fraction of sp³-hybridized carbons (Fsp3) is 0.500. The van der Waals surface area contributed by atoms with E-state index in [1.807, 2.05) is 25.3 Å². The average molecular weight is 428 g/mol. The number of rotatable bonds is 6. The predicted octanol–water partition coefficient (Wildman–Crippen LogP) is 3.54. The number of H-pyrrole nitrogens is 1. The molecule has 2 saturated carbocycles. The molecule has 2 atom stereocenters. The molecule has 3 aromatic rings. The number of carbonyl (C=O) groups is 1. The van der Waals surface area contributed by atoms with Crippen LogP contribution in [0.3, 0.4) is 0 Å². The van der Waals surface area contributed by atoms with E-state index < -0.39 is 0 Å². The van der Waals surface area contributed by atoms with Gasteiger partial charge in [-0.3, -0.25) is 5.10 Å². The number of nitrogens with one attached hydrogen (secondary N) is 3. The molecule has 9 nitrogen and oxygen atoms in total. The van der Waals surface area contributed by atoms with E-state index in [1.165, 1.54) is 0 Å². The van der Waals surface area contributed by atoms with Crippen LogP contribution in [-0.2, 0) is 10.5 Å². The molecule has 2 aliphatic carbocycles. The summed E-state index contributed by atoms with van der Waals surface area (Å²) in [5.41, 5.74) is 2.73. The van der Waals surface area contributed by atoms with Crippen LogP contribution in [0.25, 0.3) is 5.52 Å². The maximum absolute atomic E-state index is 12.1. The summed E-state index contributed by atoms with van der Waals surface area (Å²) in [6.45, 7) is 2.05. The quantitative estimate of drug-likeness (QED) is 0.448. The molecule has 3 aromatic heterocycles.